The van der Waals surface area contributed by atoms with Gasteiger partial charge in [-0.3, -0.25) is 0 Å². The maximum atomic E-state index is 8.55. The minimum Gasteiger partial charge on any atom is -0.140 e. The van der Waals surface area contributed by atoms with Gasteiger partial charge in [-0.15, -0.1) is 23.5 Å². The molecule has 1 fully saturated rings. The summed E-state index contributed by atoms with van der Waals surface area (Å²) in [6.45, 7) is 4.46. The van der Waals surface area contributed by atoms with Crippen molar-refractivity contribution < 1.29 is 1.37 Å². The molecule has 0 radical (unpaired) electrons. The summed E-state index contributed by atoms with van der Waals surface area (Å²) in [4.78, 5) is 0. The van der Waals surface area contributed by atoms with Crippen molar-refractivity contribution in [1.29, 1.82) is 0 Å². The van der Waals surface area contributed by atoms with E-state index in [4.69, 9.17) is 1.37 Å². The van der Waals surface area contributed by atoms with Crippen molar-refractivity contribution in [3.63, 3.8) is 0 Å². The van der Waals surface area contributed by atoms with Gasteiger partial charge in [-0.1, -0.05) is 44.2 Å². The van der Waals surface area contributed by atoms with Gasteiger partial charge in [-0.05, 0) is 12.0 Å². The third-order valence-corrected chi connectivity index (χ3v) is 4.96. The van der Waals surface area contributed by atoms with Gasteiger partial charge < -0.3 is 0 Å². The van der Waals surface area contributed by atoms with E-state index >= 15 is 0 Å². The van der Waals surface area contributed by atoms with Gasteiger partial charge in [0.05, 0.1) is 5.93 Å². The van der Waals surface area contributed by atoms with Crippen LogP contribution in [0.4, 0.5) is 0 Å². The van der Waals surface area contributed by atoms with Gasteiger partial charge in [0.15, 0.2) is 0 Å². The minimum absolute atomic E-state index is 0.502. The van der Waals surface area contributed by atoms with E-state index in [-0.39, 0.29) is 0 Å². The van der Waals surface area contributed by atoms with Gasteiger partial charge in [0.1, 0.15) is 0 Å². The fourth-order valence-corrected chi connectivity index (χ4v) is 5.04. The highest BCUT2D eigenvalue weighted by molar-refractivity contribution is 8.17. The average molecular weight is 225 g/mol. The standard InChI is InChI=1S/C12H16S2/c1-9-8-10(2)14-12(13-9)11-6-4-3-5-7-11/h3-7,9-10,12H,8H2,1-2H3/t9-,10+,12?/i12D. The SMILES string of the molecule is [2H]C1(c2ccccc2)S[C@H](C)C[C@H](C)S1. The Kier molecular flexibility index (Phi) is 3.03. The van der Waals surface area contributed by atoms with Crippen LogP contribution < -0.4 is 0 Å². The molecule has 1 aromatic rings. The Labute approximate surface area is 96.3 Å². The van der Waals surface area contributed by atoms with Crippen LogP contribution in [0.3, 0.4) is 0 Å². The molecule has 1 unspecified atom stereocenters. The number of hydrogen-bond donors (Lipinski definition) is 0. The summed E-state index contributed by atoms with van der Waals surface area (Å²) in [6.07, 6.45) is 1.21. The average Bonchev–Trinajstić information content (AvgIpc) is 2.17. The van der Waals surface area contributed by atoms with Crippen LogP contribution in [0.5, 0.6) is 0 Å². The molecule has 0 saturated carbocycles. The van der Waals surface area contributed by atoms with E-state index in [2.05, 4.69) is 26.0 Å². The van der Waals surface area contributed by atoms with E-state index in [0.29, 0.717) is 10.5 Å². The van der Waals surface area contributed by atoms with Gasteiger partial charge in [-0.2, -0.15) is 0 Å². The molecule has 2 rings (SSSR count). The van der Waals surface area contributed by atoms with E-state index in [1.165, 1.54) is 6.42 Å². The molecule has 0 spiro atoms. The van der Waals surface area contributed by atoms with Crippen molar-refractivity contribution >= 4 is 23.5 Å². The number of benzene rings is 1. The van der Waals surface area contributed by atoms with E-state index in [1.54, 1.807) is 23.5 Å². The van der Waals surface area contributed by atoms with E-state index in [9.17, 15) is 0 Å². The molecule has 1 aliphatic heterocycles. The Hall–Kier alpha value is -0.0800. The molecular weight excluding hydrogens is 208 g/mol. The van der Waals surface area contributed by atoms with Crippen LogP contribution in [-0.2, 0) is 0 Å². The molecule has 1 aliphatic rings. The first-order valence-corrected chi connectivity index (χ1v) is 6.77. The van der Waals surface area contributed by atoms with Crippen molar-refractivity contribution in [3.05, 3.63) is 35.9 Å². The summed E-state index contributed by atoms with van der Waals surface area (Å²) in [6, 6.07) is 10.2. The smallest absolute Gasteiger partial charge is 0.0756 e. The molecule has 2 heteroatoms. The lowest BCUT2D eigenvalue weighted by Gasteiger charge is -2.30. The molecule has 1 heterocycles. The molecule has 76 valence electrons. The van der Waals surface area contributed by atoms with Crippen molar-refractivity contribution in [1.82, 2.24) is 0 Å². The second-order valence-electron chi connectivity index (χ2n) is 3.75. The molecule has 1 saturated heterocycles. The lowest BCUT2D eigenvalue weighted by Crippen LogP contribution is -2.15. The molecule has 0 nitrogen and oxygen atoms in total. The third-order valence-electron chi connectivity index (χ3n) is 2.29. The lowest BCUT2D eigenvalue weighted by atomic mass is 10.2. The summed E-state index contributed by atoms with van der Waals surface area (Å²) in [5.74, 6) is 0. The molecule has 0 aliphatic carbocycles. The molecule has 0 amide bonds. The minimum atomic E-state index is -0.502. The van der Waals surface area contributed by atoms with Crippen molar-refractivity contribution in [2.45, 2.75) is 35.3 Å². The number of hydrogen-bond acceptors (Lipinski definition) is 2. The summed E-state index contributed by atoms with van der Waals surface area (Å²) >= 11 is 3.55. The zero-order valence-electron chi connectivity index (χ0n) is 9.57. The maximum absolute atomic E-state index is 8.55. The zero-order chi connectivity index (χ0) is 10.9. The molecular formula is C12H16S2. The Morgan fingerprint density at radius 1 is 1.14 bits per heavy atom. The molecule has 1 aromatic carbocycles. The Morgan fingerprint density at radius 3 is 2.29 bits per heavy atom. The summed E-state index contributed by atoms with van der Waals surface area (Å²) in [5, 5.41) is 1.16. The fraction of sp³-hybridized carbons (Fsp3) is 0.500. The van der Waals surface area contributed by atoms with E-state index in [1.807, 2.05) is 18.2 Å². The summed E-state index contributed by atoms with van der Waals surface area (Å²) in [5.41, 5.74) is 1.12. The van der Waals surface area contributed by atoms with Gasteiger partial charge >= 0.3 is 0 Å². The highest BCUT2D eigenvalue weighted by atomic mass is 32.2. The van der Waals surface area contributed by atoms with Gasteiger partial charge in [0.25, 0.3) is 0 Å². The quantitative estimate of drug-likeness (QED) is 0.697. The van der Waals surface area contributed by atoms with Crippen LogP contribution in [0, 0.1) is 0 Å². The second kappa shape index (κ2) is 4.63. The van der Waals surface area contributed by atoms with Crippen LogP contribution in [0.25, 0.3) is 0 Å². The Bertz CT molecular complexity index is 316. The number of thioether (sulfide) groups is 2. The van der Waals surface area contributed by atoms with Crippen LogP contribution in [0.2, 0.25) is 0 Å². The van der Waals surface area contributed by atoms with Crippen molar-refractivity contribution in [3.8, 4) is 0 Å². The Morgan fingerprint density at radius 2 is 1.71 bits per heavy atom. The van der Waals surface area contributed by atoms with Crippen LogP contribution in [-0.4, -0.2) is 10.5 Å². The maximum Gasteiger partial charge on any atom is 0.0756 e. The monoisotopic (exact) mass is 225 g/mol. The molecule has 0 bridgehead atoms. The topological polar surface area (TPSA) is 0 Å². The predicted octanol–water partition coefficient (Wildman–Crippen LogP) is 4.33. The summed E-state index contributed by atoms with van der Waals surface area (Å²) in [7, 11) is 0. The van der Waals surface area contributed by atoms with Gasteiger partial charge in [0.2, 0.25) is 0 Å². The molecule has 0 aromatic heterocycles. The summed E-state index contributed by atoms with van der Waals surface area (Å²) < 4.78 is 8.05. The van der Waals surface area contributed by atoms with Crippen molar-refractivity contribution in [2.24, 2.45) is 0 Å². The second-order valence-corrected chi connectivity index (χ2v) is 6.90. The third kappa shape index (κ3) is 2.48. The van der Waals surface area contributed by atoms with Crippen molar-refractivity contribution in [2.75, 3.05) is 0 Å². The van der Waals surface area contributed by atoms with Gasteiger partial charge in [-0.25, -0.2) is 0 Å². The van der Waals surface area contributed by atoms with E-state index < -0.39 is 4.56 Å². The highest BCUT2D eigenvalue weighted by Gasteiger charge is 2.25. The van der Waals surface area contributed by atoms with Crippen LogP contribution in [0.1, 0.15) is 31.8 Å². The van der Waals surface area contributed by atoms with Crippen LogP contribution in [0.15, 0.2) is 30.3 Å². The molecule has 3 atom stereocenters. The van der Waals surface area contributed by atoms with E-state index in [0.717, 1.165) is 5.56 Å². The zero-order valence-corrected chi connectivity index (χ0v) is 10.2. The first kappa shape index (κ1) is 9.17. The van der Waals surface area contributed by atoms with Gasteiger partial charge in [0, 0.05) is 10.5 Å². The largest absolute Gasteiger partial charge is 0.140 e. The first-order chi connectivity index (χ1) is 7.10. The van der Waals surface area contributed by atoms with Crippen LogP contribution >= 0.6 is 23.5 Å². The molecule has 14 heavy (non-hydrogen) atoms. The highest BCUT2D eigenvalue weighted by Crippen LogP contribution is 2.49. The normalized spacial score (nSPS) is 39.1. The predicted molar refractivity (Wildman–Crippen MR) is 67.9 cm³/mol. The fourth-order valence-electron chi connectivity index (χ4n) is 1.67. The first-order valence-electron chi connectivity index (χ1n) is 5.51. The number of rotatable bonds is 1. The lowest BCUT2D eigenvalue weighted by molar-refractivity contribution is 0.791. The molecule has 0 N–H and O–H groups in total. The Balaban J connectivity index is 2.26.